The van der Waals surface area contributed by atoms with Gasteiger partial charge in [0.2, 0.25) is 26.8 Å². The third-order valence-corrected chi connectivity index (χ3v) is 30.9. The summed E-state index contributed by atoms with van der Waals surface area (Å²) in [6.45, 7) is -10.6. The van der Waals surface area contributed by atoms with Crippen LogP contribution in [0.5, 0.6) is 0 Å². The molecule has 0 saturated carbocycles. The van der Waals surface area contributed by atoms with Crippen LogP contribution < -0.4 is 0 Å². The monoisotopic (exact) mass is 718 g/mol. The van der Waals surface area contributed by atoms with Gasteiger partial charge in [0.1, 0.15) is 0 Å². The third kappa shape index (κ3) is 6.16. The minimum Gasteiger partial charge on any atom is -0.305 e. The lowest BCUT2D eigenvalue weighted by Crippen LogP contribution is -2.45. The quantitative estimate of drug-likeness (QED) is 0.264. The molecule has 216 valence electrons. The molecule has 3 spiro atoms. The smallest absolute Gasteiger partial charge is 0.305 e. The van der Waals surface area contributed by atoms with Crippen molar-refractivity contribution in [3.05, 3.63) is 0 Å². The predicted molar refractivity (Wildman–Crippen MR) is 160 cm³/mol. The van der Waals surface area contributed by atoms with Gasteiger partial charge in [0.15, 0.2) is 0 Å². The fraction of sp³-hybridized carbons (Fsp3) is 1.00. The number of hydrogen-bond donors (Lipinski definition) is 0. The first-order chi connectivity index (χ1) is 16.8. The standard InChI is InChI=1S/C13H32Cl4N10O4P6/c1-24(2)32(14)18-33(15,25(3)4)21-36(20-32)28-9-13(10-29-36)11-30-37(31-12-13)22-34(16,26(5)6)19-35(17,23-37)27(7)8/h9-12H2,1-8H3/t32-,33-,34-,35+/m0/s1. The molecule has 0 aliphatic carbocycles. The molecule has 4 heterocycles. The van der Waals surface area contributed by atoms with Crippen LogP contribution >= 0.6 is 87.1 Å². The van der Waals surface area contributed by atoms with Crippen LogP contribution in [0.2, 0.25) is 0 Å². The zero-order valence-electron chi connectivity index (χ0n) is 21.6. The van der Waals surface area contributed by atoms with Crippen molar-refractivity contribution in [3.63, 3.8) is 0 Å². The SMILES string of the molecule is CN(C)[P@]1(Cl)=N[P@](Cl)(N(C)C)=NP2(=N1)OCC1(CO2)COP2(=N[P@@](Cl)(N(C)C)=N[P@](Cl)(N(C)C)=N2)OC1. The highest BCUT2D eigenvalue weighted by Gasteiger charge is 2.52. The minimum absolute atomic E-state index is 0.205. The lowest BCUT2D eigenvalue weighted by molar-refractivity contribution is -0.0575. The zero-order chi connectivity index (χ0) is 27.7. The van der Waals surface area contributed by atoms with Gasteiger partial charge in [0, 0.05) is 0 Å². The molecule has 0 radical (unpaired) electrons. The average molecular weight is 720 g/mol. The van der Waals surface area contributed by atoms with Crippen LogP contribution in [0.4, 0.5) is 0 Å². The van der Waals surface area contributed by atoms with Crippen molar-refractivity contribution in [2.24, 2.45) is 32.5 Å². The maximum Gasteiger partial charge on any atom is 0.345 e. The molecule has 4 rings (SSSR count). The molecular formula is C13H32Cl4N10O4P6. The molecular weight excluding hydrogens is 688 g/mol. The van der Waals surface area contributed by atoms with Crippen LogP contribution in [-0.2, 0) is 18.1 Å². The van der Waals surface area contributed by atoms with Crippen molar-refractivity contribution in [1.82, 2.24) is 18.7 Å². The van der Waals surface area contributed by atoms with Crippen molar-refractivity contribution in [2.75, 3.05) is 82.8 Å². The lowest BCUT2D eigenvalue weighted by Gasteiger charge is -2.46. The second-order valence-electron chi connectivity index (χ2n) is 9.48. The Hall–Kier alpha value is 2.22. The van der Waals surface area contributed by atoms with Crippen LogP contribution in [0.3, 0.4) is 0 Å². The first-order valence-electron chi connectivity index (χ1n) is 10.8. The van der Waals surface area contributed by atoms with Gasteiger partial charge in [-0.3, -0.25) is 0 Å². The summed E-state index contributed by atoms with van der Waals surface area (Å²) in [5.41, 5.74) is -0.635. The zero-order valence-corrected chi connectivity index (χ0v) is 30.0. The highest BCUT2D eigenvalue weighted by atomic mass is 35.7. The van der Waals surface area contributed by atoms with Crippen molar-refractivity contribution in [2.45, 2.75) is 0 Å². The van der Waals surface area contributed by atoms with Crippen LogP contribution in [0.1, 0.15) is 0 Å². The number of nitrogens with zero attached hydrogens (tertiary/aromatic N) is 10. The summed E-state index contributed by atoms with van der Waals surface area (Å²) in [7, 11) is 8.12. The minimum atomic E-state index is -3.14. The summed E-state index contributed by atoms with van der Waals surface area (Å²) in [6.07, 6.45) is 0. The fourth-order valence-corrected chi connectivity index (χ4v) is 28.5. The van der Waals surface area contributed by atoms with Gasteiger partial charge in [-0.1, -0.05) is 0 Å². The van der Waals surface area contributed by atoms with E-state index in [1.54, 1.807) is 75.1 Å². The Labute approximate surface area is 238 Å². The summed E-state index contributed by atoms with van der Waals surface area (Å²) in [4.78, 5) is 0. The highest BCUT2D eigenvalue weighted by Crippen LogP contribution is 2.86. The molecule has 0 amide bonds. The van der Waals surface area contributed by atoms with E-state index in [1.807, 2.05) is 0 Å². The summed E-state index contributed by atoms with van der Waals surface area (Å²) in [6, 6.07) is 0. The van der Waals surface area contributed by atoms with Crippen molar-refractivity contribution in [3.8, 4) is 0 Å². The van der Waals surface area contributed by atoms with Crippen LogP contribution in [-0.4, -0.2) is 101 Å². The topological polar surface area (TPSA) is 124 Å². The van der Waals surface area contributed by atoms with E-state index in [-0.39, 0.29) is 26.4 Å². The molecule has 4 atom stereocenters. The van der Waals surface area contributed by atoms with E-state index in [0.717, 1.165) is 0 Å². The molecule has 4 aliphatic rings. The van der Waals surface area contributed by atoms with Gasteiger partial charge in [-0.2, -0.15) is 27.1 Å². The first-order valence-corrected chi connectivity index (χ1v) is 24.0. The normalized spacial score (nSPS) is 48.0. The molecule has 14 nitrogen and oxygen atoms in total. The van der Waals surface area contributed by atoms with E-state index in [0.29, 0.717) is 0 Å². The van der Waals surface area contributed by atoms with Gasteiger partial charge >= 0.3 is 15.3 Å². The predicted octanol–water partition coefficient (Wildman–Crippen LogP) is 8.97. The van der Waals surface area contributed by atoms with Gasteiger partial charge < -0.3 is 18.1 Å². The molecule has 2 fully saturated rings. The second kappa shape index (κ2) is 10.7. The molecule has 4 aliphatic heterocycles. The Morgan fingerprint density at radius 1 is 0.459 bits per heavy atom. The van der Waals surface area contributed by atoms with Crippen molar-refractivity contribution < 1.29 is 18.1 Å². The first kappa shape index (κ1) is 32.1. The largest absolute Gasteiger partial charge is 0.345 e. The van der Waals surface area contributed by atoms with Crippen molar-refractivity contribution >= 4 is 87.1 Å². The van der Waals surface area contributed by atoms with E-state index < -0.39 is 47.6 Å². The van der Waals surface area contributed by atoms with Gasteiger partial charge in [-0.15, -0.1) is 0 Å². The van der Waals surface area contributed by atoms with E-state index in [1.165, 1.54) is 0 Å². The Balaban J connectivity index is 1.64. The molecule has 0 bridgehead atoms. The second-order valence-corrected chi connectivity index (χ2v) is 29.4. The Morgan fingerprint density at radius 3 is 0.946 bits per heavy atom. The Kier molecular flexibility index (Phi) is 9.33. The molecule has 0 N–H and O–H groups in total. The van der Waals surface area contributed by atoms with E-state index in [9.17, 15) is 0 Å². The molecule has 0 aromatic carbocycles. The summed E-state index contributed by atoms with van der Waals surface area (Å²) in [5.74, 6) is 0. The third-order valence-electron chi connectivity index (χ3n) is 5.55. The molecule has 0 aromatic heterocycles. The summed E-state index contributed by atoms with van der Waals surface area (Å²) in [5, 5.41) is 0. The average Bonchev–Trinajstić information content (AvgIpc) is 2.77. The Morgan fingerprint density at radius 2 is 0.703 bits per heavy atom. The van der Waals surface area contributed by atoms with Gasteiger partial charge in [-0.05, 0) is 101 Å². The van der Waals surface area contributed by atoms with Crippen LogP contribution in [0.25, 0.3) is 0 Å². The maximum absolute atomic E-state index is 6.86. The maximum atomic E-state index is 6.86. The van der Waals surface area contributed by atoms with E-state index >= 15 is 0 Å². The number of rotatable bonds is 4. The lowest BCUT2D eigenvalue weighted by atomic mass is 9.93. The number of hydrogen-bond acceptors (Lipinski definition) is 14. The van der Waals surface area contributed by atoms with Gasteiger partial charge in [0.25, 0.3) is 0 Å². The van der Waals surface area contributed by atoms with E-state index in [2.05, 4.69) is 9.03 Å². The summed E-state index contributed by atoms with van der Waals surface area (Å²) >= 11 is 27.5. The molecule has 0 unspecified atom stereocenters. The summed E-state index contributed by atoms with van der Waals surface area (Å²) < 4.78 is 60.2. The molecule has 0 aromatic rings. The van der Waals surface area contributed by atoms with Crippen LogP contribution in [0, 0.1) is 5.41 Å². The van der Waals surface area contributed by atoms with Gasteiger partial charge in [-0.25, -0.2) is 18.7 Å². The van der Waals surface area contributed by atoms with Crippen molar-refractivity contribution in [1.29, 1.82) is 0 Å². The van der Waals surface area contributed by atoms with Gasteiger partial charge in [0.05, 0.1) is 31.8 Å². The number of halogens is 4. The highest BCUT2D eigenvalue weighted by molar-refractivity contribution is 8.03. The molecule has 24 heteroatoms. The molecule has 37 heavy (non-hydrogen) atoms. The fourth-order valence-electron chi connectivity index (χ4n) is 3.03. The van der Waals surface area contributed by atoms with E-state index in [4.69, 9.17) is 81.1 Å². The molecule has 2 saturated heterocycles. The van der Waals surface area contributed by atoms with Crippen LogP contribution in [0.15, 0.2) is 27.1 Å². The Bertz CT molecular complexity index is 1170.